The van der Waals surface area contributed by atoms with Crippen molar-refractivity contribution in [2.24, 2.45) is 11.8 Å². The second kappa shape index (κ2) is 15.7. The van der Waals surface area contributed by atoms with Crippen LogP contribution < -0.4 is 0 Å². The standard InChI is InChI=1S/C24H17FNS.C13H24O2.Ir/c1-14(2)21-12-16(11-15-5-3-4-6-18(15)21)23-24-20(9-10-26-23)19-8-7-17(25)13-22(19)27-24;1-5-10(6-2)12(14)9-13(15)11(7-3)8-4;/h3-10,12-14H,1-2H3;9-11,14H,5-8H2,1-4H3;/q-1;;/b;12-9-;. The fraction of sp³-hybridized carbons (Fsp3) is 0.351. The SMILES string of the molecule is CC(C)c1cc(-c2nccc3c2sc2cc(F)ccc23)[c-]c2ccccc12.CCC(CC)C(=O)/C=C(\O)C(CC)CC.[Ir]. The van der Waals surface area contributed by atoms with Gasteiger partial charge in [-0.15, -0.1) is 40.5 Å². The average molecular weight is 775 g/mol. The van der Waals surface area contributed by atoms with Crippen LogP contribution in [0.4, 0.5) is 4.39 Å². The number of thiophene rings is 1. The minimum absolute atomic E-state index is 0. The summed E-state index contributed by atoms with van der Waals surface area (Å²) in [4.78, 5) is 16.4. The van der Waals surface area contributed by atoms with Crippen molar-refractivity contribution in [3.8, 4) is 11.3 Å². The second-order valence-electron chi connectivity index (χ2n) is 11.1. The molecule has 3 nitrogen and oxygen atoms in total. The quantitative estimate of drug-likeness (QED) is 0.0922. The van der Waals surface area contributed by atoms with Crippen LogP contribution in [0.5, 0.6) is 0 Å². The van der Waals surface area contributed by atoms with E-state index in [0.29, 0.717) is 5.92 Å². The van der Waals surface area contributed by atoms with Crippen molar-refractivity contribution >= 4 is 48.1 Å². The fourth-order valence-electron chi connectivity index (χ4n) is 5.51. The number of ketones is 1. The molecule has 1 radical (unpaired) electrons. The molecule has 0 fully saturated rings. The number of aromatic nitrogens is 1. The predicted octanol–water partition coefficient (Wildman–Crippen LogP) is 11.2. The van der Waals surface area contributed by atoms with Crippen LogP contribution in [0.2, 0.25) is 0 Å². The third-order valence-electron chi connectivity index (χ3n) is 8.12. The number of allylic oxidation sites excluding steroid dienone is 2. The van der Waals surface area contributed by atoms with Crippen molar-refractivity contribution in [3.05, 3.63) is 90.1 Å². The smallest absolute Gasteiger partial charge is 0.162 e. The minimum atomic E-state index is -0.206. The van der Waals surface area contributed by atoms with Gasteiger partial charge in [0.1, 0.15) is 5.82 Å². The zero-order valence-electron chi connectivity index (χ0n) is 25.8. The van der Waals surface area contributed by atoms with Gasteiger partial charge in [-0.1, -0.05) is 76.8 Å². The van der Waals surface area contributed by atoms with Gasteiger partial charge >= 0.3 is 0 Å². The van der Waals surface area contributed by atoms with Gasteiger partial charge in [0.15, 0.2) is 5.78 Å². The molecule has 0 atom stereocenters. The molecule has 229 valence electrons. The molecule has 0 aliphatic rings. The summed E-state index contributed by atoms with van der Waals surface area (Å²) in [5.74, 6) is 0.744. The molecule has 6 heteroatoms. The number of carbonyl (C=O) groups excluding carboxylic acids is 1. The molecule has 0 aliphatic heterocycles. The van der Waals surface area contributed by atoms with E-state index in [9.17, 15) is 14.3 Å². The molecule has 0 saturated carbocycles. The summed E-state index contributed by atoms with van der Waals surface area (Å²) < 4.78 is 15.7. The Bertz CT molecular complexity index is 1720. The van der Waals surface area contributed by atoms with Crippen molar-refractivity contribution < 1.29 is 34.4 Å². The molecule has 2 aromatic heterocycles. The van der Waals surface area contributed by atoms with Crippen LogP contribution in [0, 0.1) is 23.7 Å². The topological polar surface area (TPSA) is 50.2 Å². The number of rotatable bonds is 9. The first kappa shape index (κ1) is 34.6. The first-order chi connectivity index (χ1) is 20.2. The normalized spacial score (nSPS) is 11.8. The predicted molar refractivity (Wildman–Crippen MR) is 177 cm³/mol. The van der Waals surface area contributed by atoms with Crippen molar-refractivity contribution in [3.63, 3.8) is 0 Å². The molecular weight excluding hydrogens is 734 g/mol. The minimum Gasteiger partial charge on any atom is -0.512 e. The van der Waals surface area contributed by atoms with Crippen LogP contribution in [0.25, 0.3) is 42.2 Å². The summed E-state index contributed by atoms with van der Waals surface area (Å²) in [5, 5.41) is 14.3. The van der Waals surface area contributed by atoms with Crippen LogP contribution in [0.15, 0.2) is 72.6 Å². The van der Waals surface area contributed by atoms with E-state index in [-0.39, 0.29) is 49.3 Å². The second-order valence-corrected chi connectivity index (χ2v) is 12.2. The number of benzene rings is 3. The summed E-state index contributed by atoms with van der Waals surface area (Å²) >= 11 is 1.59. The van der Waals surface area contributed by atoms with Crippen molar-refractivity contribution in [2.75, 3.05) is 0 Å². The molecule has 0 bridgehead atoms. The number of fused-ring (bicyclic) bond motifs is 4. The Morgan fingerprint density at radius 3 is 2.26 bits per heavy atom. The van der Waals surface area contributed by atoms with E-state index in [0.717, 1.165) is 62.5 Å². The summed E-state index contributed by atoms with van der Waals surface area (Å²) in [6.45, 7) is 12.5. The van der Waals surface area contributed by atoms with E-state index < -0.39 is 0 Å². The van der Waals surface area contributed by atoms with Crippen molar-refractivity contribution in [1.29, 1.82) is 0 Å². The first-order valence-electron chi connectivity index (χ1n) is 15.1. The van der Waals surface area contributed by atoms with Gasteiger partial charge in [-0.3, -0.25) is 9.78 Å². The average Bonchev–Trinajstić information content (AvgIpc) is 3.35. The van der Waals surface area contributed by atoms with E-state index in [4.69, 9.17) is 0 Å². The van der Waals surface area contributed by atoms with Gasteiger partial charge in [0.2, 0.25) is 0 Å². The van der Waals surface area contributed by atoms with Gasteiger partial charge in [0.05, 0.1) is 5.76 Å². The molecule has 5 rings (SSSR count). The first-order valence-corrected chi connectivity index (χ1v) is 15.9. The number of hydrogen-bond acceptors (Lipinski definition) is 4. The molecule has 0 spiro atoms. The van der Waals surface area contributed by atoms with Gasteiger partial charge in [0.25, 0.3) is 0 Å². The van der Waals surface area contributed by atoms with Crippen LogP contribution in [0.1, 0.15) is 78.7 Å². The van der Waals surface area contributed by atoms with Crippen molar-refractivity contribution in [2.45, 2.75) is 73.1 Å². The Hall–Kier alpha value is -2.92. The summed E-state index contributed by atoms with van der Waals surface area (Å²) in [7, 11) is 0. The van der Waals surface area contributed by atoms with Crippen LogP contribution in [-0.4, -0.2) is 15.9 Å². The summed E-state index contributed by atoms with van der Waals surface area (Å²) in [5.41, 5.74) is 3.21. The summed E-state index contributed by atoms with van der Waals surface area (Å²) in [6.07, 6.45) is 6.74. The molecule has 3 aromatic carbocycles. The maximum absolute atomic E-state index is 13.7. The van der Waals surface area contributed by atoms with E-state index in [2.05, 4.69) is 49.2 Å². The van der Waals surface area contributed by atoms with Crippen LogP contribution in [-0.2, 0) is 24.9 Å². The van der Waals surface area contributed by atoms with Gasteiger partial charge in [-0.25, -0.2) is 4.39 Å². The number of aliphatic hydroxyl groups is 1. The van der Waals surface area contributed by atoms with Crippen LogP contribution >= 0.6 is 11.3 Å². The molecule has 43 heavy (non-hydrogen) atoms. The Morgan fingerprint density at radius 2 is 1.60 bits per heavy atom. The Morgan fingerprint density at radius 1 is 0.930 bits per heavy atom. The largest absolute Gasteiger partial charge is 0.512 e. The Balaban J connectivity index is 0.000000274. The number of nitrogens with zero attached hydrogens (tertiary/aromatic N) is 1. The van der Waals surface area contributed by atoms with E-state index in [1.54, 1.807) is 17.4 Å². The van der Waals surface area contributed by atoms with Gasteiger partial charge in [-0.2, -0.15) is 0 Å². The molecule has 0 saturated heterocycles. The number of hydrogen-bond donors (Lipinski definition) is 1. The fourth-order valence-corrected chi connectivity index (χ4v) is 6.74. The molecule has 0 unspecified atom stereocenters. The van der Waals surface area contributed by atoms with Gasteiger partial charge < -0.3 is 5.11 Å². The molecule has 0 aliphatic carbocycles. The molecule has 5 aromatic rings. The third kappa shape index (κ3) is 7.78. The van der Waals surface area contributed by atoms with Crippen LogP contribution in [0.3, 0.4) is 0 Å². The van der Waals surface area contributed by atoms with E-state index in [1.165, 1.54) is 23.1 Å². The molecule has 1 N–H and O–H groups in total. The van der Waals surface area contributed by atoms with Crippen molar-refractivity contribution in [1.82, 2.24) is 4.98 Å². The monoisotopic (exact) mass is 775 g/mol. The molecule has 0 amide bonds. The number of halogens is 1. The van der Waals surface area contributed by atoms with Gasteiger partial charge in [-0.05, 0) is 60.6 Å². The number of aliphatic hydroxyl groups excluding tert-OH is 1. The zero-order chi connectivity index (χ0) is 30.4. The molecular formula is C37H41FIrNO2S-. The maximum Gasteiger partial charge on any atom is 0.162 e. The Labute approximate surface area is 272 Å². The van der Waals surface area contributed by atoms with E-state index in [1.807, 2.05) is 52.1 Å². The number of carbonyl (C=O) groups is 1. The summed E-state index contributed by atoms with van der Waals surface area (Å²) in [6, 6.07) is 21.1. The third-order valence-corrected chi connectivity index (χ3v) is 9.29. The van der Waals surface area contributed by atoms with E-state index >= 15 is 0 Å². The Kier molecular flexibility index (Phi) is 12.6. The maximum atomic E-state index is 13.7. The number of pyridine rings is 1. The molecule has 2 heterocycles. The zero-order valence-corrected chi connectivity index (χ0v) is 29.0. The van der Waals surface area contributed by atoms with Gasteiger partial charge in [0, 0.05) is 59.3 Å².